The number of hydrogen-bond donors (Lipinski definition) is 1. The maximum atomic E-state index is 12.5. The predicted octanol–water partition coefficient (Wildman–Crippen LogP) is 2.26. The molecule has 2 aromatic rings. The van der Waals surface area contributed by atoms with Crippen molar-refractivity contribution < 1.29 is 24.1 Å². The normalized spacial score (nSPS) is 14.1. The van der Waals surface area contributed by atoms with Gasteiger partial charge in [0.2, 0.25) is 0 Å². The maximum Gasteiger partial charge on any atom is 0.361 e. The zero-order chi connectivity index (χ0) is 19.2. The van der Waals surface area contributed by atoms with E-state index in [-0.39, 0.29) is 18.1 Å². The molecule has 1 saturated heterocycles. The van der Waals surface area contributed by atoms with Crippen LogP contribution in [0.25, 0.3) is 11.4 Å². The molecule has 1 fully saturated rings. The van der Waals surface area contributed by atoms with Crippen molar-refractivity contribution >= 4 is 11.8 Å². The highest BCUT2D eigenvalue weighted by molar-refractivity contribution is 5.93. The smallest absolute Gasteiger partial charge is 0.361 e. The molecule has 3 rings (SSSR count). The van der Waals surface area contributed by atoms with Crippen LogP contribution in [-0.2, 0) is 9.47 Å². The van der Waals surface area contributed by atoms with Crippen molar-refractivity contribution in [3.63, 3.8) is 0 Å². The summed E-state index contributed by atoms with van der Waals surface area (Å²) < 4.78 is 16.3. The van der Waals surface area contributed by atoms with E-state index in [1.807, 2.05) is 11.8 Å². The summed E-state index contributed by atoms with van der Waals surface area (Å²) in [5.41, 5.74) is 0.772. The first-order chi connectivity index (χ1) is 13.1. The number of esters is 1. The first kappa shape index (κ1) is 18.9. The molecule has 27 heavy (non-hydrogen) atoms. The van der Waals surface area contributed by atoms with Crippen LogP contribution in [0.1, 0.15) is 24.3 Å². The van der Waals surface area contributed by atoms with Crippen LogP contribution < -0.4 is 9.64 Å². The molecule has 1 aliphatic heterocycles. The van der Waals surface area contributed by atoms with E-state index in [9.17, 15) is 9.90 Å². The molecule has 0 bridgehead atoms. The average molecular weight is 373 g/mol. The number of aromatic nitrogens is 2. The van der Waals surface area contributed by atoms with Crippen molar-refractivity contribution in [3.05, 3.63) is 30.0 Å². The summed E-state index contributed by atoms with van der Waals surface area (Å²) in [6.07, 6.45) is 0. The molecule has 2 heterocycles. The second kappa shape index (κ2) is 8.68. The van der Waals surface area contributed by atoms with Gasteiger partial charge in [-0.3, -0.25) is 0 Å². The molecule has 144 valence electrons. The lowest BCUT2D eigenvalue weighted by molar-refractivity contribution is 0.0514. The highest BCUT2D eigenvalue weighted by Gasteiger charge is 2.27. The average Bonchev–Trinajstić information content (AvgIpc) is 2.69. The van der Waals surface area contributed by atoms with Crippen molar-refractivity contribution in [2.75, 3.05) is 44.4 Å². The molecule has 0 atom stereocenters. The van der Waals surface area contributed by atoms with Gasteiger partial charge >= 0.3 is 5.97 Å². The van der Waals surface area contributed by atoms with Crippen LogP contribution in [0.3, 0.4) is 0 Å². The third-order valence-electron chi connectivity index (χ3n) is 4.04. The van der Waals surface area contributed by atoms with E-state index in [0.29, 0.717) is 55.9 Å². The van der Waals surface area contributed by atoms with Gasteiger partial charge in [0.25, 0.3) is 0 Å². The molecule has 1 N–H and O–H groups in total. The van der Waals surface area contributed by atoms with Gasteiger partial charge in [0.1, 0.15) is 5.75 Å². The van der Waals surface area contributed by atoms with Gasteiger partial charge in [-0.25, -0.2) is 14.8 Å². The van der Waals surface area contributed by atoms with Gasteiger partial charge in [0.05, 0.1) is 26.4 Å². The van der Waals surface area contributed by atoms with Gasteiger partial charge in [0, 0.05) is 18.7 Å². The Labute approximate surface area is 157 Å². The van der Waals surface area contributed by atoms with Gasteiger partial charge in [-0.1, -0.05) is 0 Å². The summed E-state index contributed by atoms with van der Waals surface area (Å²) in [5, 5.41) is 9.53. The minimum Gasteiger partial charge on any atom is -0.508 e. The van der Waals surface area contributed by atoms with E-state index in [4.69, 9.17) is 14.2 Å². The molecule has 8 nitrogen and oxygen atoms in total. The fourth-order valence-electron chi connectivity index (χ4n) is 2.78. The van der Waals surface area contributed by atoms with Crippen molar-refractivity contribution in [1.82, 2.24) is 9.97 Å². The molecular weight excluding hydrogens is 350 g/mol. The van der Waals surface area contributed by atoms with Gasteiger partial charge < -0.3 is 24.2 Å². The number of rotatable bonds is 6. The predicted molar refractivity (Wildman–Crippen MR) is 99.3 cm³/mol. The van der Waals surface area contributed by atoms with Crippen LogP contribution in [-0.4, -0.2) is 60.6 Å². The third-order valence-corrected chi connectivity index (χ3v) is 4.04. The summed E-state index contributed by atoms with van der Waals surface area (Å²) in [5.74, 6) is 0.811. The zero-order valence-electron chi connectivity index (χ0n) is 15.5. The van der Waals surface area contributed by atoms with Gasteiger partial charge in [0.15, 0.2) is 23.1 Å². The topological polar surface area (TPSA) is 94.0 Å². The Balaban J connectivity index is 2.15. The Bertz CT molecular complexity index is 789. The van der Waals surface area contributed by atoms with Crippen molar-refractivity contribution in [2.24, 2.45) is 0 Å². The number of nitrogens with zero attached hydrogens (tertiary/aromatic N) is 3. The Morgan fingerprint density at radius 2 is 1.85 bits per heavy atom. The number of anilines is 1. The summed E-state index contributed by atoms with van der Waals surface area (Å²) in [7, 11) is 0. The van der Waals surface area contributed by atoms with Crippen molar-refractivity contribution in [3.8, 4) is 22.9 Å². The van der Waals surface area contributed by atoms with Crippen LogP contribution in [0, 0.1) is 0 Å². The molecule has 1 aromatic heterocycles. The van der Waals surface area contributed by atoms with Crippen LogP contribution in [0.5, 0.6) is 11.5 Å². The lowest BCUT2D eigenvalue weighted by atomic mass is 10.2. The minimum absolute atomic E-state index is 0.0956. The highest BCUT2D eigenvalue weighted by atomic mass is 16.5. The maximum absolute atomic E-state index is 12.5. The summed E-state index contributed by atoms with van der Waals surface area (Å²) in [6.45, 7) is 6.58. The molecule has 0 aliphatic carbocycles. The molecule has 1 aromatic carbocycles. The van der Waals surface area contributed by atoms with E-state index in [1.54, 1.807) is 31.2 Å². The van der Waals surface area contributed by atoms with E-state index < -0.39 is 5.97 Å². The van der Waals surface area contributed by atoms with Crippen LogP contribution in [0.2, 0.25) is 0 Å². The number of hydrogen-bond acceptors (Lipinski definition) is 8. The molecule has 0 radical (unpaired) electrons. The number of benzene rings is 1. The first-order valence-corrected chi connectivity index (χ1v) is 8.98. The lowest BCUT2D eigenvalue weighted by Crippen LogP contribution is -2.37. The second-order valence-corrected chi connectivity index (χ2v) is 5.85. The Morgan fingerprint density at radius 1 is 1.15 bits per heavy atom. The number of ether oxygens (including phenoxy) is 3. The molecule has 0 spiro atoms. The van der Waals surface area contributed by atoms with Crippen molar-refractivity contribution in [1.29, 1.82) is 0 Å². The highest BCUT2D eigenvalue weighted by Crippen LogP contribution is 2.33. The fourth-order valence-corrected chi connectivity index (χ4v) is 2.78. The Kier molecular flexibility index (Phi) is 6.08. The quantitative estimate of drug-likeness (QED) is 0.771. The number of carbonyl (C=O) groups is 1. The van der Waals surface area contributed by atoms with Crippen molar-refractivity contribution in [2.45, 2.75) is 13.8 Å². The summed E-state index contributed by atoms with van der Waals surface area (Å²) in [6, 6.07) is 6.49. The lowest BCUT2D eigenvalue weighted by Gasteiger charge is -2.29. The molecule has 0 unspecified atom stereocenters. The molecular formula is C19H23N3O5. The van der Waals surface area contributed by atoms with Gasteiger partial charge in [-0.15, -0.1) is 0 Å². The minimum atomic E-state index is -0.558. The van der Waals surface area contributed by atoms with Gasteiger partial charge in [-0.2, -0.15) is 0 Å². The molecule has 8 heteroatoms. The van der Waals surface area contributed by atoms with Crippen LogP contribution in [0.15, 0.2) is 24.3 Å². The number of phenolic OH excluding ortho intramolecular Hbond substituents is 1. The molecule has 1 aliphatic rings. The SMILES string of the molecule is CCOC(=O)c1nc(-c2ccc(O)cc2)nc(N2CCOCC2)c1OCC. The summed E-state index contributed by atoms with van der Waals surface area (Å²) >= 11 is 0. The van der Waals surface area contributed by atoms with E-state index in [2.05, 4.69) is 9.97 Å². The number of carbonyl (C=O) groups excluding carboxylic acids is 1. The Morgan fingerprint density at radius 3 is 2.48 bits per heavy atom. The Hall–Kier alpha value is -2.87. The summed E-state index contributed by atoms with van der Waals surface area (Å²) in [4.78, 5) is 23.6. The van der Waals surface area contributed by atoms with Crippen LogP contribution in [0.4, 0.5) is 5.82 Å². The molecule has 0 saturated carbocycles. The standard InChI is InChI=1S/C19H23N3O5/c1-3-26-16-15(19(24)27-4-2)20-17(13-5-7-14(23)8-6-13)21-18(16)22-9-11-25-12-10-22/h5-8,23H,3-4,9-12H2,1-2H3. The monoisotopic (exact) mass is 373 g/mol. The molecule has 0 amide bonds. The van der Waals surface area contributed by atoms with Gasteiger partial charge in [-0.05, 0) is 38.1 Å². The second-order valence-electron chi connectivity index (χ2n) is 5.85. The first-order valence-electron chi connectivity index (χ1n) is 8.98. The number of morpholine rings is 1. The number of phenols is 1. The van der Waals surface area contributed by atoms with E-state index in [0.717, 1.165) is 0 Å². The number of aromatic hydroxyl groups is 1. The van der Waals surface area contributed by atoms with E-state index >= 15 is 0 Å². The fraction of sp³-hybridized carbons (Fsp3) is 0.421. The largest absolute Gasteiger partial charge is 0.508 e. The zero-order valence-corrected chi connectivity index (χ0v) is 15.5. The third kappa shape index (κ3) is 4.28. The van der Waals surface area contributed by atoms with Crippen LogP contribution >= 0.6 is 0 Å². The van der Waals surface area contributed by atoms with E-state index in [1.165, 1.54) is 0 Å².